The molecule has 7 nitrogen and oxygen atoms in total. The van der Waals surface area contributed by atoms with Crippen LogP contribution >= 0.6 is 0 Å². The number of aromatic nitrogens is 2. The van der Waals surface area contributed by atoms with Crippen molar-refractivity contribution in [3.8, 4) is 5.75 Å². The first kappa shape index (κ1) is 18.4. The second kappa shape index (κ2) is 7.33. The fraction of sp³-hybridized carbons (Fsp3) is 0.353. The van der Waals surface area contributed by atoms with Gasteiger partial charge in [0.2, 0.25) is 6.10 Å². The van der Waals surface area contributed by atoms with Crippen LogP contribution in [0, 0.1) is 5.82 Å². The van der Waals surface area contributed by atoms with Gasteiger partial charge < -0.3 is 15.2 Å². The van der Waals surface area contributed by atoms with Crippen LogP contribution < -0.4 is 10.1 Å². The van der Waals surface area contributed by atoms with Crippen molar-refractivity contribution in [2.24, 2.45) is 0 Å². The summed E-state index contributed by atoms with van der Waals surface area (Å²) in [6.45, 7) is 5.59. The van der Waals surface area contributed by atoms with Crippen LogP contribution in [0.3, 0.4) is 0 Å². The van der Waals surface area contributed by atoms with Gasteiger partial charge in [-0.15, -0.1) is 0 Å². The van der Waals surface area contributed by atoms with Crippen LogP contribution in [0.1, 0.15) is 31.1 Å². The van der Waals surface area contributed by atoms with Gasteiger partial charge in [0.05, 0.1) is 23.8 Å². The molecule has 1 aromatic heterocycles. The maximum atomic E-state index is 12.9. The molecule has 8 heteroatoms. The van der Waals surface area contributed by atoms with E-state index in [1.54, 1.807) is 10.9 Å². The van der Waals surface area contributed by atoms with Crippen LogP contribution in [0.25, 0.3) is 0 Å². The summed E-state index contributed by atoms with van der Waals surface area (Å²) in [6.07, 6.45) is 1.70. The number of aliphatic carboxylic acids is 1. The summed E-state index contributed by atoms with van der Waals surface area (Å²) >= 11 is 0. The van der Waals surface area contributed by atoms with Gasteiger partial charge in [0, 0.05) is 6.20 Å². The summed E-state index contributed by atoms with van der Waals surface area (Å²) in [5, 5.41) is 15.8. The molecule has 1 heterocycles. The van der Waals surface area contributed by atoms with E-state index in [1.165, 1.54) is 18.3 Å². The molecule has 0 bridgehead atoms. The normalized spacial score (nSPS) is 12.5. The topological polar surface area (TPSA) is 93.5 Å². The zero-order valence-corrected chi connectivity index (χ0v) is 14.2. The molecule has 2 N–H and O–H groups in total. The zero-order valence-electron chi connectivity index (χ0n) is 14.2. The molecule has 0 radical (unpaired) electrons. The van der Waals surface area contributed by atoms with E-state index >= 15 is 0 Å². The van der Waals surface area contributed by atoms with E-state index in [-0.39, 0.29) is 17.8 Å². The molecule has 1 amide bonds. The number of hydrogen-bond donors (Lipinski definition) is 2. The number of carbonyl (C=O) groups is 2. The Balaban J connectivity index is 1.98. The van der Waals surface area contributed by atoms with E-state index in [0.717, 1.165) is 12.1 Å². The van der Waals surface area contributed by atoms with Crippen molar-refractivity contribution in [2.45, 2.75) is 32.4 Å². The highest BCUT2D eigenvalue weighted by atomic mass is 19.1. The number of ether oxygens (including phenoxy) is 1. The third-order valence-corrected chi connectivity index (χ3v) is 3.35. The molecule has 0 fully saturated rings. The Kier molecular flexibility index (Phi) is 5.41. The van der Waals surface area contributed by atoms with Gasteiger partial charge in [-0.25, -0.2) is 9.18 Å². The Morgan fingerprint density at radius 3 is 2.48 bits per heavy atom. The van der Waals surface area contributed by atoms with Crippen molar-refractivity contribution >= 4 is 11.9 Å². The quantitative estimate of drug-likeness (QED) is 0.832. The van der Waals surface area contributed by atoms with Crippen molar-refractivity contribution in [3.05, 3.63) is 48.0 Å². The van der Waals surface area contributed by atoms with Gasteiger partial charge in [-0.05, 0) is 45.0 Å². The molecule has 2 aromatic rings. The predicted octanol–water partition coefficient (Wildman–Crippen LogP) is 2.04. The Morgan fingerprint density at radius 1 is 1.32 bits per heavy atom. The molecule has 1 atom stereocenters. The molecule has 0 aliphatic rings. The van der Waals surface area contributed by atoms with E-state index in [4.69, 9.17) is 4.74 Å². The minimum atomic E-state index is -1.30. The Morgan fingerprint density at radius 2 is 1.96 bits per heavy atom. The fourth-order valence-corrected chi connectivity index (χ4v) is 1.95. The third kappa shape index (κ3) is 5.03. The van der Waals surface area contributed by atoms with Gasteiger partial charge in [0.15, 0.2) is 0 Å². The molecule has 1 aromatic carbocycles. The van der Waals surface area contributed by atoms with E-state index in [2.05, 4.69) is 10.4 Å². The Labute approximate surface area is 144 Å². The first-order valence-electron chi connectivity index (χ1n) is 7.65. The number of rotatable bonds is 6. The average Bonchev–Trinajstić information content (AvgIpc) is 3.03. The molecular weight excluding hydrogens is 329 g/mol. The summed E-state index contributed by atoms with van der Waals surface area (Å²) in [7, 11) is 0. The molecule has 2 rings (SSSR count). The number of carboxylic acids is 1. The van der Waals surface area contributed by atoms with Crippen molar-refractivity contribution in [1.82, 2.24) is 15.1 Å². The highest BCUT2D eigenvalue weighted by Gasteiger charge is 2.22. The van der Waals surface area contributed by atoms with Gasteiger partial charge in [0.1, 0.15) is 11.6 Å². The number of benzene rings is 1. The van der Waals surface area contributed by atoms with Crippen LogP contribution in [-0.2, 0) is 10.3 Å². The lowest BCUT2D eigenvalue weighted by Crippen LogP contribution is -2.40. The van der Waals surface area contributed by atoms with Crippen LogP contribution in [0.4, 0.5) is 4.39 Å². The smallest absolute Gasteiger partial charge is 0.346 e. The predicted molar refractivity (Wildman–Crippen MR) is 88.0 cm³/mol. The summed E-state index contributed by atoms with van der Waals surface area (Å²) in [5.41, 5.74) is 0.0502. The van der Waals surface area contributed by atoms with Crippen LogP contribution in [0.15, 0.2) is 36.7 Å². The molecule has 0 aliphatic heterocycles. The lowest BCUT2D eigenvalue weighted by molar-refractivity contribution is -0.144. The standard InChI is InChI=1S/C17H20FN3O4/c1-17(2,3)21-10-11(8-20-21)15(22)19-9-14(16(23)24)25-13-6-4-12(18)5-7-13/h4-8,10,14H,9H2,1-3H3,(H,19,22)(H,23,24). The van der Waals surface area contributed by atoms with Crippen molar-refractivity contribution < 1.29 is 23.8 Å². The maximum absolute atomic E-state index is 12.9. The van der Waals surface area contributed by atoms with Crippen LogP contribution in [-0.4, -0.2) is 39.4 Å². The SMILES string of the molecule is CC(C)(C)n1cc(C(=O)NCC(Oc2ccc(F)cc2)C(=O)O)cn1. The first-order chi connectivity index (χ1) is 11.7. The molecule has 1 unspecified atom stereocenters. The number of amides is 1. The minimum Gasteiger partial charge on any atom is -0.478 e. The molecule has 0 saturated carbocycles. The van der Waals surface area contributed by atoms with E-state index < -0.39 is 23.8 Å². The van der Waals surface area contributed by atoms with Crippen LogP contribution in [0.2, 0.25) is 0 Å². The van der Waals surface area contributed by atoms with Gasteiger partial charge in [-0.1, -0.05) is 0 Å². The second-order valence-corrected chi connectivity index (χ2v) is 6.45. The van der Waals surface area contributed by atoms with E-state index in [9.17, 15) is 19.1 Å². The largest absolute Gasteiger partial charge is 0.478 e. The highest BCUT2D eigenvalue weighted by Crippen LogP contribution is 2.14. The summed E-state index contributed by atoms with van der Waals surface area (Å²) in [5.74, 6) is -1.95. The molecule has 0 saturated heterocycles. The monoisotopic (exact) mass is 349 g/mol. The maximum Gasteiger partial charge on any atom is 0.346 e. The Hall–Kier alpha value is -2.90. The van der Waals surface area contributed by atoms with Gasteiger partial charge in [0.25, 0.3) is 5.91 Å². The van der Waals surface area contributed by atoms with Crippen molar-refractivity contribution in [3.63, 3.8) is 0 Å². The number of halogens is 1. The minimum absolute atomic E-state index is 0.198. The molecule has 0 aliphatic carbocycles. The van der Waals surface area contributed by atoms with Gasteiger partial charge >= 0.3 is 5.97 Å². The lowest BCUT2D eigenvalue weighted by Gasteiger charge is -2.18. The molecule has 134 valence electrons. The number of carboxylic acid groups (broad SMARTS) is 1. The number of hydrogen-bond acceptors (Lipinski definition) is 4. The molecular formula is C17H20FN3O4. The Bertz CT molecular complexity index is 750. The highest BCUT2D eigenvalue weighted by molar-refractivity contribution is 5.94. The summed E-state index contributed by atoms with van der Waals surface area (Å²) in [4.78, 5) is 23.4. The van der Waals surface area contributed by atoms with Crippen LogP contribution in [0.5, 0.6) is 5.75 Å². The lowest BCUT2D eigenvalue weighted by atomic mass is 10.1. The van der Waals surface area contributed by atoms with Gasteiger partial charge in [-0.2, -0.15) is 5.10 Å². The fourth-order valence-electron chi connectivity index (χ4n) is 1.95. The third-order valence-electron chi connectivity index (χ3n) is 3.35. The van der Waals surface area contributed by atoms with E-state index in [1.807, 2.05) is 20.8 Å². The molecule has 25 heavy (non-hydrogen) atoms. The van der Waals surface area contributed by atoms with Crippen molar-refractivity contribution in [2.75, 3.05) is 6.54 Å². The number of carbonyl (C=O) groups excluding carboxylic acids is 1. The zero-order chi connectivity index (χ0) is 18.6. The first-order valence-corrected chi connectivity index (χ1v) is 7.65. The summed E-state index contributed by atoms with van der Waals surface area (Å²) in [6, 6.07) is 4.96. The second-order valence-electron chi connectivity index (χ2n) is 6.45. The molecule has 0 spiro atoms. The number of nitrogens with zero attached hydrogens (tertiary/aromatic N) is 2. The van der Waals surface area contributed by atoms with Gasteiger partial charge in [-0.3, -0.25) is 9.48 Å². The number of nitrogens with one attached hydrogen (secondary N) is 1. The average molecular weight is 349 g/mol. The summed E-state index contributed by atoms with van der Waals surface area (Å²) < 4.78 is 19.8. The van der Waals surface area contributed by atoms with E-state index in [0.29, 0.717) is 5.56 Å². The van der Waals surface area contributed by atoms with Crippen molar-refractivity contribution in [1.29, 1.82) is 0 Å².